The van der Waals surface area contributed by atoms with E-state index in [1.807, 2.05) is 65.4 Å². The lowest BCUT2D eigenvalue weighted by Gasteiger charge is -2.11. The first-order valence-electron chi connectivity index (χ1n) is 9.80. The first kappa shape index (κ1) is 20.5. The third-order valence-electron chi connectivity index (χ3n) is 4.89. The third kappa shape index (κ3) is 4.72. The minimum atomic E-state index is -0.0703. The highest BCUT2D eigenvalue weighted by molar-refractivity contribution is 7.71. The first-order chi connectivity index (χ1) is 15.2. The second-order valence-electron chi connectivity index (χ2n) is 6.84. The normalized spacial score (nSPS) is 10.7. The number of H-pyrrole nitrogens is 1. The Morgan fingerprint density at radius 1 is 1.16 bits per heavy atom. The summed E-state index contributed by atoms with van der Waals surface area (Å²) in [7, 11) is 1.62. The van der Waals surface area contributed by atoms with Crippen molar-refractivity contribution in [3.8, 4) is 22.8 Å². The van der Waals surface area contributed by atoms with Crippen molar-refractivity contribution in [1.29, 1.82) is 0 Å². The molecule has 4 aromatic rings. The molecule has 9 heteroatoms. The van der Waals surface area contributed by atoms with Gasteiger partial charge in [0.15, 0.2) is 10.6 Å². The molecule has 31 heavy (non-hydrogen) atoms. The molecule has 0 bridgehead atoms. The number of hydrogen-bond donors (Lipinski definition) is 2. The Kier molecular flexibility index (Phi) is 6.23. The van der Waals surface area contributed by atoms with Crippen molar-refractivity contribution < 1.29 is 9.53 Å². The summed E-state index contributed by atoms with van der Waals surface area (Å²) >= 11 is 5.36. The lowest BCUT2D eigenvalue weighted by atomic mass is 10.1. The molecule has 2 N–H and O–H groups in total. The van der Waals surface area contributed by atoms with E-state index in [0.29, 0.717) is 23.7 Å². The quantitative estimate of drug-likeness (QED) is 0.414. The summed E-state index contributed by atoms with van der Waals surface area (Å²) in [5.41, 5.74) is 2.81. The number of para-hydroxylation sites is 1. The molecule has 0 aliphatic rings. The maximum atomic E-state index is 12.5. The second kappa shape index (κ2) is 9.40. The fraction of sp³-hybridized carbons (Fsp3) is 0.182. The summed E-state index contributed by atoms with van der Waals surface area (Å²) in [4.78, 5) is 12.5. The minimum Gasteiger partial charge on any atom is -0.497 e. The number of amides is 1. The van der Waals surface area contributed by atoms with E-state index >= 15 is 0 Å². The standard InChI is InChI=1S/C22H22N6O2S/c1-30-18-9-7-16(8-10-18)21-25-26-22(31)27(21)14-11-20(29)23-15-17-5-2-3-6-19(17)28-13-4-12-24-28/h2-10,12-13H,11,14-15H2,1H3,(H,23,29)(H,26,31). The predicted octanol–water partition coefficient (Wildman–Crippen LogP) is 3.51. The molecule has 2 aromatic carbocycles. The van der Waals surface area contributed by atoms with E-state index in [1.54, 1.807) is 18.0 Å². The number of rotatable bonds is 8. The van der Waals surface area contributed by atoms with Crippen LogP contribution < -0.4 is 10.1 Å². The van der Waals surface area contributed by atoms with Crippen molar-refractivity contribution in [1.82, 2.24) is 29.9 Å². The molecule has 0 radical (unpaired) electrons. The van der Waals surface area contributed by atoms with Crippen molar-refractivity contribution in [2.24, 2.45) is 0 Å². The minimum absolute atomic E-state index is 0.0703. The van der Waals surface area contributed by atoms with E-state index in [0.717, 1.165) is 22.6 Å². The molecular formula is C22H22N6O2S. The number of aromatic amines is 1. The van der Waals surface area contributed by atoms with Crippen LogP contribution in [0.25, 0.3) is 17.1 Å². The SMILES string of the molecule is COc1ccc(-c2n[nH]c(=S)n2CCC(=O)NCc2ccccc2-n2cccn2)cc1. The number of benzene rings is 2. The third-order valence-corrected chi connectivity index (χ3v) is 5.20. The highest BCUT2D eigenvalue weighted by Crippen LogP contribution is 2.21. The molecule has 0 aliphatic carbocycles. The van der Waals surface area contributed by atoms with Crippen LogP contribution in [0, 0.1) is 4.77 Å². The molecular weight excluding hydrogens is 412 g/mol. The molecule has 0 fully saturated rings. The molecule has 0 aliphatic heterocycles. The Morgan fingerprint density at radius 2 is 1.97 bits per heavy atom. The maximum absolute atomic E-state index is 12.5. The number of ether oxygens (including phenoxy) is 1. The fourth-order valence-electron chi connectivity index (χ4n) is 3.28. The van der Waals surface area contributed by atoms with Crippen molar-refractivity contribution in [2.45, 2.75) is 19.5 Å². The van der Waals surface area contributed by atoms with E-state index in [4.69, 9.17) is 17.0 Å². The molecule has 2 heterocycles. The van der Waals surface area contributed by atoms with Crippen LogP contribution in [0.5, 0.6) is 5.75 Å². The van der Waals surface area contributed by atoms with Crippen LogP contribution in [-0.2, 0) is 17.9 Å². The second-order valence-corrected chi connectivity index (χ2v) is 7.23. The number of methoxy groups -OCH3 is 1. The van der Waals surface area contributed by atoms with Gasteiger partial charge >= 0.3 is 0 Å². The van der Waals surface area contributed by atoms with Crippen molar-refractivity contribution in [2.75, 3.05) is 7.11 Å². The number of nitrogens with one attached hydrogen (secondary N) is 2. The number of carbonyl (C=O) groups is 1. The molecule has 0 atom stereocenters. The Morgan fingerprint density at radius 3 is 2.71 bits per heavy atom. The van der Waals surface area contributed by atoms with Gasteiger partial charge in [-0.3, -0.25) is 14.5 Å². The van der Waals surface area contributed by atoms with Crippen LogP contribution in [0.15, 0.2) is 67.0 Å². The van der Waals surface area contributed by atoms with E-state index in [9.17, 15) is 4.79 Å². The lowest BCUT2D eigenvalue weighted by molar-refractivity contribution is -0.121. The molecule has 8 nitrogen and oxygen atoms in total. The molecule has 4 rings (SSSR count). The maximum Gasteiger partial charge on any atom is 0.222 e. The van der Waals surface area contributed by atoms with Gasteiger partial charge in [-0.05, 0) is 54.2 Å². The van der Waals surface area contributed by atoms with Crippen molar-refractivity contribution in [3.63, 3.8) is 0 Å². The Balaban J connectivity index is 1.40. The summed E-state index contributed by atoms with van der Waals surface area (Å²) < 4.78 is 9.29. The van der Waals surface area contributed by atoms with Crippen molar-refractivity contribution in [3.05, 3.63) is 77.3 Å². The number of carbonyl (C=O) groups excluding carboxylic acids is 1. The highest BCUT2D eigenvalue weighted by Gasteiger charge is 2.12. The summed E-state index contributed by atoms with van der Waals surface area (Å²) in [5.74, 6) is 1.38. The van der Waals surface area contributed by atoms with Gasteiger partial charge in [0.2, 0.25) is 5.91 Å². The van der Waals surface area contributed by atoms with Crippen molar-refractivity contribution >= 4 is 18.1 Å². The Labute approximate surface area is 184 Å². The zero-order chi connectivity index (χ0) is 21.6. The van der Waals surface area contributed by atoms with Gasteiger partial charge in [0.1, 0.15) is 5.75 Å². The van der Waals surface area contributed by atoms with Gasteiger partial charge in [-0.1, -0.05) is 18.2 Å². The zero-order valence-electron chi connectivity index (χ0n) is 17.0. The van der Waals surface area contributed by atoms with Crippen LogP contribution in [0.3, 0.4) is 0 Å². The Bertz CT molecular complexity index is 1210. The fourth-order valence-corrected chi connectivity index (χ4v) is 3.50. The molecule has 1 amide bonds. The largest absolute Gasteiger partial charge is 0.497 e. The average Bonchev–Trinajstić information content (AvgIpc) is 3.47. The van der Waals surface area contributed by atoms with Crippen LogP contribution in [0.2, 0.25) is 0 Å². The van der Waals surface area contributed by atoms with Gasteiger partial charge in [0.05, 0.1) is 12.8 Å². The molecule has 0 unspecified atom stereocenters. The smallest absolute Gasteiger partial charge is 0.222 e. The van der Waals surface area contributed by atoms with Crippen LogP contribution in [0.4, 0.5) is 0 Å². The number of hydrogen-bond acceptors (Lipinski definition) is 5. The van der Waals surface area contributed by atoms with Gasteiger partial charge in [-0.2, -0.15) is 10.2 Å². The van der Waals surface area contributed by atoms with E-state index in [2.05, 4.69) is 20.6 Å². The number of aromatic nitrogens is 5. The molecule has 0 saturated carbocycles. The van der Waals surface area contributed by atoms with Crippen LogP contribution in [0.1, 0.15) is 12.0 Å². The van der Waals surface area contributed by atoms with Crippen LogP contribution in [-0.4, -0.2) is 37.6 Å². The van der Waals surface area contributed by atoms with Gasteiger partial charge in [-0.25, -0.2) is 4.68 Å². The summed E-state index contributed by atoms with van der Waals surface area (Å²) in [6.45, 7) is 0.834. The van der Waals surface area contributed by atoms with Crippen LogP contribution >= 0.6 is 12.2 Å². The average molecular weight is 435 g/mol. The molecule has 0 saturated heterocycles. The van der Waals surface area contributed by atoms with Gasteiger partial charge in [0.25, 0.3) is 0 Å². The van der Waals surface area contributed by atoms with Gasteiger partial charge in [-0.15, -0.1) is 0 Å². The molecule has 0 spiro atoms. The Hall–Kier alpha value is -3.72. The number of nitrogens with zero attached hydrogens (tertiary/aromatic N) is 4. The van der Waals surface area contributed by atoms with Gasteiger partial charge in [0, 0.05) is 37.5 Å². The monoisotopic (exact) mass is 434 g/mol. The van der Waals surface area contributed by atoms with Gasteiger partial charge < -0.3 is 10.1 Å². The predicted molar refractivity (Wildman–Crippen MR) is 119 cm³/mol. The van der Waals surface area contributed by atoms with E-state index in [1.165, 1.54) is 0 Å². The molecule has 158 valence electrons. The van der Waals surface area contributed by atoms with E-state index < -0.39 is 0 Å². The zero-order valence-corrected chi connectivity index (χ0v) is 17.8. The topological polar surface area (TPSA) is 89.8 Å². The lowest BCUT2D eigenvalue weighted by Crippen LogP contribution is -2.24. The first-order valence-corrected chi connectivity index (χ1v) is 10.2. The summed E-state index contributed by atoms with van der Waals surface area (Å²) in [5, 5.41) is 14.4. The highest BCUT2D eigenvalue weighted by atomic mass is 32.1. The van der Waals surface area contributed by atoms with E-state index in [-0.39, 0.29) is 12.3 Å². The summed E-state index contributed by atoms with van der Waals surface area (Å²) in [6, 6.07) is 17.3. The molecule has 2 aromatic heterocycles. The summed E-state index contributed by atoms with van der Waals surface area (Å²) in [6.07, 6.45) is 3.88.